The van der Waals surface area contributed by atoms with Crippen LogP contribution < -0.4 is 4.90 Å². The molecule has 0 bridgehead atoms. The molecular weight excluding hydrogens is 289 g/mol. The zero-order valence-electron chi connectivity index (χ0n) is 11.8. The number of aliphatic imine (C=N–C) groups is 1. The van der Waals surface area contributed by atoms with Crippen molar-refractivity contribution in [2.24, 2.45) is 4.99 Å². The van der Waals surface area contributed by atoms with Gasteiger partial charge in [-0.2, -0.15) is 13.2 Å². The van der Waals surface area contributed by atoms with Crippen molar-refractivity contribution in [2.45, 2.75) is 19.0 Å². The molecule has 0 aliphatic carbocycles. The van der Waals surface area contributed by atoms with E-state index in [0.29, 0.717) is 12.3 Å². The molecule has 0 amide bonds. The number of halogens is 3. The summed E-state index contributed by atoms with van der Waals surface area (Å²) < 4.78 is 39.2. The van der Waals surface area contributed by atoms with Crippen molar-refractivity contribution in [3.8, 4) is 0 Å². The Labute approximate surface area is 126 Å². The molecule has 1 heterocycles. The van der Waals surface area contributed by atoms with E-state index >= 15 is 0 Å². The Bertz CT molecular complexity index is 678. The number of benzene rings is 2. The molecule has 3 rings (SSSR count). The van der Waals surface area contributed by atoms with Crippen LogP contribution in [0.3, 0.4) is 0 Å². The molecule has 5 heteroatoms. The normalized spacial score (nSPS) is 17.2. The number of alkyl halides is 3. The van der Waals surface area contributed by atoms with Gasteiger partial charge >= 0.3 is 6.18 Å². The van der Waals surface area contributed by atoms with Gasteiger partial charge in [-0.05, 0) is 30.7 Å². The summed E-state index contributed by atoms with van der Waals surface area (Å²) >= 11 is 0. The summed E-state index contributed by atoms with van der Waals surface area (Å²) in [6.45, 7) is 0.775. The van der Waals surface area contributed by atoms with E-state index in [9.17, 15) is 13.2 Å². The van der Waals surface area contributed by atoms with Crippen molar-refractivity contribution >= 4 is 17.2 Å². The zero-order chi connectivity index (χ0) is 15.6. The van der Waals surface area contributed by atoms with Crippen LogP contribution in [0.4, 0.5) is 24.5 Å². The van der Waals surface area contributed by atoms with Gasteiger partial charge in [-0.3, -0.25) is 0 Å². The number of hydrogen-bond donors (Lipinski definition) is 0. The number of rotatable bonds is 2. The first-order valence-corrected chi connectivity index (χ1v) is 7.12. The third-order valence-electron chi connectivity index (χ3n) is 3.62. The van der Waals surface area contributed by atoms with Gasteiger partial charge in [0.2, 0.25) is 0 Å². The fraction of sp³-hybridized carbons (Fsp3) is 0.235. The fourth-order valence-corrected chi connectivity index (χ4v) is 2.61. The smallest absolute Gasteiger partial charge is 0.330 e. The summed E-state index contributed by atoms with van der Waals surface area (Å²) in [5.41, 5.74) is 0.249. The van der Waals surface area contributed by atoms with Gasteiger partial charge in [0.05, 0.1) is 11.3 Å². The van der Waals surface area contributed by atoms with Crippen LogP contribution in [0.15, 0.2) is 59.6 Å². The van der Waals surface area contributed by atoms with E-state index in [4.69, 9.17) is 0 Å². The third kappa shape index (κ3) is 2.98. The van der Waals surface area contributed by atoms with E-state index in [-0.39, 0.29) is 5.69 Å². The van der Waals surface area contributed by atoms with Crippen LogP contribution in [0.25, 0.3) is 0 Å². The van der Waals surface area contributed by atoms with Gasteiger partial charge in [0, 0.05) is 18.7 Å². The van der Waals surface area contributed by atoms with E-state index < -0.39 is 11.7 Å². The molecule has 0 N–H and O–H groups in total. The minimum Gasteiger partial charge on any atom is -0.330 e. The monoisotopic (exact) mass is 304 g/mol. The second kappa shape index (κ2) is 5.83. The number of nitrogens with zero attached hydrogens (tertiary/aromatic N) is 2. The fourth-order valence-electron chi connectivity index (χ4n) is 2.61. The molecule has 0 atom stereocenters. The van der Waals surface area contributed by atoms with Gasteiger partial charge in [-0.1, -0.05) is 30.3 Å². The summed E-state index contributed by atoms with van der Waals surface area (Å²) in [4.78, 5) is 6.28. The van der Waals surface area contributed by atoms with E-state index in [2.05, 4.69) is 4.99 Å². The van der Waals surface area contributed by atoms with Gasteiger partial charge in [-0.15, -0.1) is 0 Å². The van der Waals surface area contributed by atoms with Gasteiger partial charge in [0.15, 0.2) is 0 Å². The molecule has 2 nitrogen and oxygen atoms in total. The molecule has 22 heavy (non-hydrogen) atoms. The summed E-state index contributed by atoms with van der Waals surface area (Å²) in [7, 11) is 0. The quantitative estimate of drug-likeness (QED) is 0.759. The highest BCUT2D eigenvalue weighted by molar-refractivity contribution is 6.01. The Morgan fingerprint density at radius 1 is 0.909 bits per heavy atom. The molecule has 0 spiro atoms. The van der Waals surface area contributed by atoms with Gasteiger partial charge in [0.25, 0.3) is 0 Å². The molecule has 1 fully saturated rings. The van der Waals surface area contributed by atoms with Crippen LogP contribution in [0.1, 0.15) is 18.4 Å². The Kier molecular flexibility index (Phi) is 3.88. The Balaban J connectivity index is 1.99. The lowest BCUT2D eigenvalue weighted by atomic mass is 10.1. The van der Waals surface area contributed by atoms with Crippen molar-refractivity contribution in [2.75, 3.05) is 11.4 Å². The number of hydrogen-bond acceptors (Lipinski definition) is 1. The first kappa shape index (κ1) is 14.6. The molecule has 0 unspecified atom stereocenters. The van der Waals surface area contributed by atoms with Crippen LogP contribution in [-0.2, 0) is 6.18 Å². The van der Waals surface area contributed by atoms with Gasteiger partial charge in [-0.25, -0.2) is 4.99 Å². The molecular formula is C17H15F3N2. The van der Waals surface area contributed by atoms with E-state index in [1.165, 1.54) is 12.1 Å². The number of amidine groups is 1. The van der Waals surface area contributed by atoms with Crippen LogP contribution >= 0.6 is 0 Å². The first-order valence-electron chi connectivity index (χ1n) is 7.12. The van der Waals surface area contributed by atoms with Gasteiger partial charge < -0.3 is 4.90 Å². The minimum absolute atomic E-state index is 0.0205. The second-order valence-electron chi connectivity index (χ2n) is 5.13. The zero-order valence-corrected chi connectivity index (χ0v) is 11.8. The maximum Gasteiger partial charge on any atom is 0.418 e. The van der Waals surface area contributed by atoms with Crippen LogP contribution in [0.5, 0.6) is 0 Å². The van der Waals surface area contributed by atoms with E-state index in [1.807, 2.05) is 35.2 Å². The molecule has 1 aliphatic rings. The van der Waals surface area contributed by atoms with Gasteiger partial charge in [0.1, 0.15) is 5.84 Å². The molecule has 1 saturated heterocycles. The highest BCUT2D eigenvalue weighted by Crippen LogP contribution is 2.37. The standard InChI is InChI=1S/C17H15F3N2/c18-17(19,20)14-9-4-5-10-15(14)21-16-11-6-12-22(16)13-7-2-1-3-8-13/h1-5,7-10H,6,11-12H2. The summed E-state index contributed by atoms with van der Waals surface area (Å²) in [5.74, 6) is 0.683. The minimum atomic E-state index is -4.39. The summed E-state index contributed by atoms with van der Waals surface area (Å²) in [5, 5.41) is 0. The van der Waals surface area contributed by atoms with Crippen molar-refractivity contribution < 1.29 is 13.2 Å². The Morgan fingerprint density at radius 2 is 1.59 bits per heavy atom. The van der Waals surface area contributed by atoms with Crippen molar-refractivity contribution in [3.63, 3.8) is 0 Å². The average molecular weight is 304 g/mol. The Morgan fingerprint density at radius 3 is 2.32 bits per heavy atom. The molecule has 0 radical (unpaired) electrons. The van der Waals surface area contributed by atoms with E-state index in [0.717, 1.165) is 24.7 Å². The van der Waals surface area contributed by atoms with Crippen LogP contribution in [-0.4, -0.2) is 12.4 Å². The first-order chi connectivity index (χ1) is 10.6. The summed E-state index contributed by atoms with van der Waals surface area (Å²) in [6.07, 6.45) is -2.82. The molecule has 2 aromatic rings. The third-order valence-corrected chi connectivity index (χ3v) is 3.62. The van der Waals surface area contributed by atoms with Crippen molar-refractivity contribution in [1.82, 2.24) is 0 Å². The SMILES string of the molecule is FC(F)(F)c1ccccc1N=C1CCCN1c1ccccc1. The van der Waals surface area contributed by atoms with Crippen molar-refractivity contribution in [3.05, 3.63) is 60.2 Å². The molecule has 0 aromatic heterocycles. The highest BCUT2D eigenvalue weighted by atomic mass is 19.4. The number of para-hydroxylation sites is 2. The Hall–Kier alpha value is -2.30. The number of anilines is 1. The van der Waals surface area contributed by atoms with Crippen LogP contribution in [0, 0.1) is 0 Å². The van der Waals surface area contributed by atoms with Crippen LogP contribution in [0.2, 0.25) is 0 Å². The largest absolute Gasteiger partial charge is 0.418 e. The van der Waals surface area contributed by atoms with Crippen molar-refractivity contribution in [1.29, 1.82) is 0 Å². The molecule has 114 valence electrons. The summed E-state index contributed by atoms with van der Waals surface area (Å²) in [6, 6.07) is 15.1. The maximum absolute atomic E-state index is 13.1. The topological polar surface area (TPSA) is 15.6 Å². The average Bonchev–Trinajstić information content (AvgIpc) is 2.96. The molecule has 0 saturated carbocycles. The second-order valence-corrected chi connectivity index (χ2v) is 5.13. The molecule has 1 aliphatic heterocycles. The predicted octanol–water partition coefficient (Wildman–Crippen LogP) is 5.04. The highest BCUT2D eigenvalue weighted by Gasteiger charge is 2.33. The lowest BCUT2D eigenvalue weighted by molar-refractivity contribution is -0.137. The lowest BCUT2D eigenvalue weighted by Crippen LogP contribution is -2.24. The van der Waals surface area contributed by atoms with E-state index in [1.54, 1.807) is 6.07 Å². The maximum atomic E-state index is 13.1. The molecule has 2 aromatic carbocycles. The lowest BCUT2D eigenvalue weighted by Gasteiger charge is -2.19. The predicted molar refractivity (Wildman–Crippen MR) is 81.6 cm³/mol.